The summed E-state index contributed by atoms with van der Waals surface area (Å²) in [4.78, 5) is 12.9. The van der Waals surface area contributed by atoms with Crippen LogP contribution < -0.4 is 9.47 Å². The summed E-state index contributed by atoms with van der Waals surface area (Å²) < 4.78 is 11.8. The fraction of sp³-hybridized carbons (Fsp3) is 0.222. The molecule has 126 valence electrons. The Morgan fingerprint density at radius 1 is 1.16 bits per heavy atom. The average molecular weight is 336 g/mol. The van der Waals surface area contributed by atoms with Gasteiger partial charge in [-0.2, -0.15) is 5.21 Å². The van der Waals surface area contributed by atoms with Crippen LogP contribution in [-0.2, 0) is 0 Å². The largest absolute Gasteiger partial charge is 0.485 e. The van der Waals surface area contributed by atoms with Crippen molar-refractivity contribution in [1.29, 1.82) is 0 Å². The van der Waals surface area contributed by atoms with Gasteiger partial charge in [0.2, 0.25) is 5.82 Å². The first-order valence-electron chi connectivity index (χ1n) is 7.90. The van der Waals surface area contributed by atoms with Crippen LogP contribution in [0.5, 0.6) is 11.5 Å². The van der Waals surface area contributed by atoms with Gasteiger partial charge in [0.05, 0.1) is 5.56 Å². The number of rotatable bonds is 3. The van der Waals surface area contributed by atoms with E-state index >= 15 is 0 Å². The lowest BCUT2D eigenvalue weighted by Crippen LogP contribution is -2.24. The molecular weight excluding hydrogens is 320 g/mol. The van der Waals surface area contributed by atoms with Gasteiger partial charge in [-0.3, -0.25) is 4.79 Å². The van der Waals surface area contributed by atoms with Gasteiger partial charge in [-0.1, -0.05) is 35.0 Å². The van der Waals surface area contributed by atoms with E-state index < -0.39 is 6.10 Å². The fourth-order valence-electron chi connectivity index (χ4n) is 2.78. The topological polar surface area (TPSA) is 90.0 Å². The molecule has 1 N–H and O–H groups in total. The van der Waals surface area contributed by atoms with Crippen LogP contribution >= 0.6 is 0 Å². The zero-order valence-corrected chi connectivity index (χ0v) is 13.8. The van der Waals surface area contributed by atoms with Gasteiger partial charge in [0.25, 0.3) is 0 Å². The lowest BCUT2D eigenvalue weighted by Gasteiger charge is -2.26. The van der Waals surface area contributed by atoms with Gasteiger partial charge in [-0.25, -0.2) is 0 Å². The zero-order chi connectivity index (χ0) is 17.4. The first-order valence-corrected chi connectivity index (χ1v) is 7.90. The van der Waals surface area contributed by atoms with Crippen molar-refractivity contribution in [3.8, 4) is 11.5 Å². The van der Waals surface area contributed by atoms with Crippen molar-refractivity contribution in [3.05, 3.63) is 64.5 Å². The molecule has 1 aliphatic rings. The Hall–Kier alpha value is -3.22. The molecule has 0 bridgehead atoms. The van der Waals surface area contributed by atoms with Gasteiger partial charge in [-0.05, 0) is 31.5 Å². The molecule has 0 amide bonds. The Labute approximate surface area is 144 Å². The minimum atomic E-state index is -0.463. The number of carbonyl (C=O) groups excluding carboxylic acids is 1. The molecule has 2 aromatic carbocycles. The predicted molar refractivity (Wildman–Crippen MR) is 88.8 cm³/mol. The standard InChI is InChI=1S/C18H16N4O3/c1-10-3-5-12(6-4-10)16(23)13-7-11(2)8-14-17(13)24-9-15(25-14)18-19-21-22-20-18/h3-8,15H,9H2,1-2H3,(H,19,20,21,22). The van der Waals surface area contributed by atoms with Crippen molar-refractivity contribution < 1.29 is 14.3 Å². The highest BCUT2D eigenvalue weighted by molar-refractivity contribution is 6.11. The van der Waals surface area contributed by atoms with E-state index in [0.717, 1.165) is 11.1 Å². The smallest absolute Gasteiger partial charge is 0.218 e. The summed E-state index contributed by atoms with van der Waals surface area (Å²) in [5.41, 5.74) is 3.12. The summed E-state index contributed by atoms with van der Waals surface area (Å²) in [5.74, 6) is 1.28. The second-order valence-corrected chi connectivity index (χ2v) is 6.02. The third kappa shape index (κ3) is 2.84. The van der Waals surface area contributed by atoms with Gasteiger partial charge >= 0.3 is 0 Å². The molecular formula is C18H16N4O3. The monoisotopic (exact) mass is 336 g/mol. The molecule has 25 heavy (non-hydrogen) atoms. The van der Waals surface area contributed by atoms with Crippen LogP contribution in [0.4, 0.5) is 0 Å². The summed E-state index contributed by atoms with van der Waals surface area (Å²) in [6, 6.07) is 11.1. The predicted octanol–water partition coefficient (Wildman–Crippen LogP) is 2.56. The van der Waals surface area contributed by atoms with E-state index in [4.69, 9.17) is 9.47 Å². The van der Waals surface area contributed by atoms with Crippen LogP contribution in [0, 0.1) is 13.8 Å². The van der Waals surface area contributed by atoms with Gasteiger partial charge in [0, 0.05) is 5.56 Å². The van der Waals surface area contributed by atoms with E-state index in [-0.39, 0.29) is 12.4 Å². The Balaban J connectivity index is 1.71. The van der Waals surface area contributed by atoms with Crippen molar-refractivity contribution in [2.45, 2.75) is 20.0 Å². The number of ketones is 1. The Morgan fingerprint density at radius 3 is 2.68 bits per heavy atom. The minimum Gasteiger partial charge on any atom is -0.485 e. The molecule has 1 unspecified atom stereocenters. The van der Waals surface area contributed by atoms with Crippen LogP contribution in [0.2, 0.25) is 0 Å². The molecule has 1 aromatic heterocycles. The van der Waals surface area contributed by atoms with Crippen molar-refractivity contribution in [2.24, 2.45) is 0 Å². The molecule has 0 saturated carbocycles. The van der Waals surface area contributed by atoms with Crippen LogP contribution in [0.3, 0.4) is 0 Å². The van der Waals surface area contributed by atoms with Gasteiger partial charge in [-0.15, -0.1) is 10.2 Å². The van der Waals surface area contributed by atoms with Gasteiger partial charge < -0.3 is 9.47 Å². The summed E-state index contributed by atoms with van der Waals surface area (Å²) in [5, 5.41) is 13.8. The summed E-state index contributed by atoms with van der Waals surface area (Å²) in [7, 11) is 0. The Kier molecular flexibility index (Phi) is 3.68. The lowest BCUT2D eigenvalue weighted by molar-refractivity contribution is 0.0820. The molecule has 0 fully saturated rings. The normalized spacial score (nSPS) is 15.8. The lowest BCUT2D eigenvalue weighted by atomic mass is 9.99. The molecule has 0 spiro atoms. The number of aryl methyl sites for hydroxylation is 2. The van der Waals surface area contributed by atoms with E-state index in [1.807, 2.05) is 50.2 Å². The molecule has 3 aromatic rings. The highest BCUT2D eigenvalue weighted by atomic mass is 16.6. The number of nitrogens with zero attached hydrogens (tertiary/aromatic N) is 3. The van der Waals surface area contributed by atoms with Crippen LogP contribution in [-0.4, -0.2) is 33.0 Å². The molecule has 7 heteroatoms. The maximum absolute atomic E-state index is 12.9. The zero-order valence-electron chi connectivity index (χ0n) is 13.8. The number of tetrazole rings is 1. The number of ether oxygens (including phenoxy) is 2. The molecule has 1 atom stereocenters. The summed E-state index contributed by atoms with van der Waals surface area (Å²) >= 11 is 0. The maximum Gasteiger partial charge on any atom is 0.218 e. The molecule has 0 radical (unpaired) electrons. The molecule has 0 aliphatic carbocycles. The van der Waals surface area contributed by atoms with Gasteiger partial charge in [0.15, 0.2) is 23.4 Å². The molecule has 7 nitrogen and oxygen atoms in total. The third-order valence-corrected chi connectivity index (χ3v) is 4.06. The number of aromatic amines is 1. The quantitative estimate of drug-likeness (QED) is 0.739. The number of nitrogens with one attached hydrogen (secondary N) is 1. The number of hydrogen-bond donors (Lipinski definition) is 1. The first-order chi connectivity index (χ1) is 12.1. The SMILES string of the molecule is Cc1ccc(C(=O)c2cc(C)cc3c2OCC(c2nn[nH]n2)O3)cc1. The summed E-state index contributed by atoms with van der Waals surface area (Å²) in [6.07, 6.45) is -0.463. The maximum atomic E-state index is 12.9. The van der Waals surface area contributed by atoms with E-state index in [9.17, 15) is 4.79 Å². The van der Waals surface area contributed by atoms with E-state index in [1.165, 1.54) is 0 Å². The number of fused-ring (bicyclic) bond motifs is 1. The summed E-state index contributed by atoms with van der Waals surface area (Å²) in [6.45, 7) is 4.11. The molecule has 0 saturated heterocycles. The third-order valence-electron chi connectivity index (χ3n) is 4.06. The second-order valence-electron chi connectivity index (χ2n) is 6.02. The molecule has 1 aliphatic heterocycles. The van der Waals surface area contributed by atoms with Crippen LogP contribution in [0.15, 0.2) is 36.4 Å². The number of hydrogen-bond acceptors (Lipinski definition) is 6. The van der Waals surface area contributed by atoms with Crippen molar-refractivity contribution in [3.63, 3.8) is 0 Å². The number of aromatic nitrogens is 4. The van der Waals surface area contributed by atoms with Crippen molar-refractivity contribution in [2.75, 3.05) is 6.61 Å². The first kappa shape index (κ1) is 15.3. The number of benzene rings is 2. The van der Waals surface area contributed by atoms with Crippen LogP contribution in [0.1, 0.15) is 39.0 Å². The van der Waals surface area contributed by atoms with E-state index in [1.54, 1.807) is 0 Å². The van der Waals surface area contributed by atoms with Crippen molar-refractivity contribution in [1.82, 2.24) is 20.6 Å². The molecule has 4 rings (SSSR count). The Bertz CT molecular complexity index is 920. The fourth-order valence-corrected chi connectivity index (χ4v) is 2.78. The highest BCUT2D eigenvalue weighted by Gasteiger charge is 2.30. The van der Waals surface area contributed by atoms with Crippen LogP contribution in [0.25, 0.3) is 0 Å². The highest BCUT2D eigenvalue weighted by Crippen LogP contribution is 2.40. The number of carbonyl (C=O) groups is 1. The molecule has 2 heterocycles. The average Bonchev–Trinajstić information content (AvgIpc) is 3.15. The van der Waals surface area contributed by atoms with E-state index in [0.29, 0.717) is 28.5 Å². The second kappa shape index (κ2) is 6.01. The van der Waals surface area contributed by atoms with E-state index in [2.05, 4.69) is 20.6 Å². The van der Waals surface area contributed by atoms with Crippen molar-refractivity contribution >= 4 is 5.78 Å². The minimum absolute atomic E-state index is 0.0958. The Morgan fingerprint density at radius 2 is 1.96 bits per heavy atom. The number of H-pyrrole nitrogens is 1. The van der Waals surface area contributed by atoms with Gasteiger partial charge in [0.1, 0.15) is 6.61 Å².